The van der Waals surface area contributed by atoms with Gasteiger partial charge in [0.2, 0.25) is 0 Å². The van der Waals surface area contributed by atoms with E-state index in [0.717, 1.165) is 13.8 Å². The first-order valence-electron chi connectivity index (χ1n) is 5.03. The molecular formula is C10H10F6O4. The van der Waals surface area contributed by atoms with Crippen molar-refractivity contribution < 1.29 is 46.1 Å². The van der Waals surface area contributed by atoms with Crippen molar-refractivity contribution in [3.05, 3.63) is 11.1 Å². The lowest BCUT2D eigenvalue weighted by Gasteiger charge is -2.29. The number of hydrogen-bond acceptors (Lipinski definition) is 2. The molecule has 0 aromatic carbocycles. The highest BCUT2D eigenvalue weighted by atomic mass is 19.4. The Morgan fingerprint density at radius 1 is 0.950 bits per heavy atom. The van der Waals surface area contributed by atoms with E-state index in [1.165, 1.54) is 0 Å². The summed E-state index contributed by atoms with van der Waals surface area (Å²) in [4.78, 5) is 21.5. The fraction of sp³-hybridized carbons (Fsp3) is 0.600. The number of carboxylic acid groups (broad SMARTS) is 2. The van der Waals surface area contributed by atoms with Gasteiger partial charge in [-0.1, -0.05) is 13.8 Å². The van der Waals surface area contributed by atoms with Crippen molar-refractivity contribution in [2.24, 2.45) is 5.92 Å². The highest BCUT2D eigenvalue weighted by Crippen LogP contribution is 2.46. The van der Waals surface area contributed by atoms with Crippen LogP contribution in [-0.4, -0.2) is 40.4 Å². The van der Waals surface area contributed by atoms with Gasteiger partial charge in [-0.2, -0.15) is 13.2 Å². The van der Waals surface area contributed by atoms with Crippen LogP contribution in [0.2, 0.25) is 0 Å². The summed E-state index contributed by atoms with van der Waals surface area (Å²) in [5.41, 5.74) is -9.66. The van der Waals surface area contributed by atoms with Gasteiger partial charge in [0.25, 0.3) is 12.1 Å². The molecule has 10 heteroatoms. The van der Waals surface area contributed by atoms with Crippen LogP contribution in [0.3, 0.4) is 0 Å². The molecule has 0 saturated heterocycles. The van der Waals surface area contributed by atoms with Gasteiger partial charge >= 0.3 is 18.1 Å². The van der Waals surface area contributed by atoms with Crippen molar-refractivity contribution in [1.82, 2.24) is 0 Å². The quantitative estimate of drug-likeness (QED) is 0.605. The second kappa shape index (κ2) is 5.71. The van der Waals surface area contributed by atoms with Gasteiger partial charge < -0.3 is 10.2 Å². The fourth-order valence-corrected chi connectivity index (χ4v) is 1.48. The van der Waals surface area contributed by atoms with Crippen molar-refractivity contribution >= 4 is 11.9 Å². The second-order valence-corrected chi connectivity index (χ2v) is 4.06. The number of carbonyl (C=O) groups is 2. The van der Waals surface area contributed by atoms with E-state index in [1.54, 1.807) is 0 Å². The lowest BCUT2D eigenvalue weighted by molar-refractivity contribution is -0.253. The molecule has 0 fully saturated rings. The minimum absolute atomic E-state index is 0.939. The first-order chi connectivity index (χ1) is 8.78. The smallest absolute Gasteiger partial charge is 0.432 e. The molecule has 1 unspecified atom stereocenters. The normalized spacial score (nSPS) is 16.9. The molecule has 0 saturated carbocycles. The van der Waals surface area contributed by atoms with Crippen molar-refractivity contribution in [3.8, 4) is 0 Å². The fourth-order valence-electron chi connectivity index (χ4n) is 1.48. The third kappa shape index (κ3) is 3.05. The van der Waals surface area contributed by atoms with E-state index in [0.29, 0.717) is 0 Å². The predicted molar refractivity (Wildman–Crippen MR) is 53.0 cm³/mol. The summed E-state index contributed by atoms with van der Waals surface area (Å²) >= 11 is 0. The summed E-state index contributed by atoms with van der Waals surface area (Å²) in [7, 11) is 0. The average Bonchev–Trinajstić information content (AvgIpc) is 2.20. The van der Waals surface area contributed by atoms with E-state index < -0.39 is 47.3 Å². The molecule has 4 nitrogen and oxygen atoms in total. The van der Waals surface area contributed by atoms with Crippen LogP contribution in [0, 0.1) is 5.92 Å². The molecule has 0 heterocycles. The van der Waals surface area contributed by atoms with E-state index in [-0.39, 0.29) is 0 Å². The molecule has 1 atom stereocenters. The van der Waals surface area contributed by atoms with Gasteiger partial charge in [0.1, 0.15) is 0 Å². The summed E-state index contributed by atoms with van der Waals surface area (Å²) in [5.74, 6) is -6.35. The van der Waals surface area contributed by atoms with Crippen LogP contribution in [0.4, 0.5) is 26.3 Å². The lowest BCUT2D eigenvalue weighted by Crippen LogP contribution is -2.52. The molecular weight excluding hydrogens is 298 g/mol. The van der Waals surface area contributed by atoms with Crippen LogP contribution in [0.5, 0.6) is 0 Å². The average molecular weight is 308 g/mol. The minimum Gasteiger partial charge on any atom is -0.478 e. The van der Waals surface area contributed by atoms with Crippen molar-refractivity contribution in [1.29, 1.82) is 0 Å². The largest absolute Gasteiger partial charge is 0.478 e. The van der Waals surface area contributed by atoms with E-state index in [4.69, 9.17) is 10.2 Å². The molecule has 0 aromatic rings. The monoisotopic (exact) mass is 308 g/mol. The maximum Gasteiger partial charge on any atom is 0.432 e. The SMILES string of the molecule is CC(C)/C(C(=O)O)=C(\C(=O)O)C(F)(C(F)F)C(F)(F)F. The number of rotatable bonds is 5. The van der Waals surface area contributed by atoms with Crippen molar-refractivity contribution in [2.45, 2.75) is 32.1 Å². The predicted octanol–water partition coefficient (Wildman–Crippen LogP) is 2.64. The van der Waals surface area contributed by atoms with Crippen molar-refractivity contribution in [3.63, 3.8) is 0 Å². The van der Waals surface area contributed by atoms with E-state index >= 15 is 0 Å². The lowest BCUT2D eigenvalue weighted by atomic mass is 9.86. The molecule has 0 radical (unpaired) electrons. The Bertz CT molecular complexity index is 440. The number of alkyl halides is 6. The molecule has 2 N–H and O–H groups in total. The summed E-state index contributed by atoms with van der Waals surface area (Å²) in [6.07, 6.45) is -11.1. The summed E-state index contributed by atoms with van der Waals surface area (Å²) in [5, 5.41) is 17.3. The maximum atomic E-state index is 13.7. The van der Waals surface area contributed by atoms with Gasteiger partial charge in [-0.25, -0.2) is 22.8 Å². The van der Waals surface area contributed by atoms with Gasteiger partial charge in [-0.15, -0.1) is 0 Å². The van der Waals surface area contributed by atoms with E-state index in [1.807, 2.05) is 0 Å². The highest BCUT2D eigenvalue weighted by molar-refractivity contribution is 6.00. The zero-order valence-electron chi connectivity index (χ0n) is 10.1. The third-order valence-electron chi connectivity index (χ3n) is 2.37. The molecule has 0 aromatic heterocycles. The number of halogens is 6. The van der Waals surface area contributed by atoms with Crippen LogP contribution in [0.25, 0.3) is 0 Å². The zero-order valence-corrected chi connectivity index (χ0v) is 10.1. The molecule has 0 amide bonds. The molecule has 0 rings (SSSR count). The van der Waals surface area contributed by atoms with Crippen molar-refractivity contribution in [2.75, 3.05) is 0 Å². The summed E-state index contributed by atoms with van der Waals surface area (Å²) in [6.45, 7) is 1.88. The first kappa shape index (κ1) is 18.3. The van der Waals surface area contributed by atoms with Gasteiger partial charge in [-0.05, 0) is 5.92 Å². The zero-order chi connectivity index (χ0) is 16.5. The topological polar surface area (TPSA) is 74.6 Å². The van der Waals surface area contributed by atoms with Crippen LogP contribution in [0.15, 0.2) is 11.1 Å². The van der Waals surface area contributed by atoms with E-state index in [2.05, 4.69) is 0 Å². The first-order valence-corrected chi connectivity index (χ1v) is 5.03. The third-order valence-corrected chi connectivity index (χ3v) is 2.37. The molecule has 0 aliphatic carbocycles. The molecule has 116 valence electrons. The van der Waals surface area contributed by atoms with Crippen LogP contribution in [-0.2, 0) is 9.59 Å². The number of hydrogen-bond donors (Lipinski definition) is 2. The van der Waals surface area contributed by atoms with Gasteiger partial charge in [-0.3, -0.25) is 0 Å². The Morgan fingerprint density at radius 2 is 1.35 bits per heavy atom. The molecule has 0 aliphatic heterocycles. The van der Waals surface area contributed by atoms with Crippen LogP contribution >= 0.6 is 0 Å². The Morgan fingerprint density at radius 3 is 1.50 bits per heavy atom. The van der Waals surface area contributed by atoms with Gasteiger partial charge in [0.05, 0.1) is 11.1 Å². The Balaban J connectivity index is 6.65. The molecule has 0 aliphatic rings. The number of carboxylic acids is 2. The van der Waals surface area contributed by atoms with E-state index in [9.17, 15) is 35.9 Å². The maximum absolute atomic E-state index is 13.7. The highest BCUT2D eigenvalue weighted by Gasteiger charge is 2.68. The molecule has 0 bridgehead atoms. The second-order valence-electron chi connectivity index (χ2n) is 4.06. The Hall–Kier alpha value is -1.74. The van der Waals surface area contributed by atoms with Crippen LogP contribution < -0.4 is 0 Å². The molecule has 20 heavy (non-hydrogen) atoms. The van der Waals surface area contributed by atoms with Crippen LogP contribution in [0.1, 0.15) is 13.8 Å². The standard InChI is InChI=1S/C10H10F6O4/c1-3(2)4(6(17)18)5(7(19)20)9(13,8(11)12)10(14,15)16/h3,8H,1-2H3,(H,17,18)(H,19,20)/b5-4-. The molecule has 0 spiro atoms. The van der Waals surface area contributed by atoms with Gasteiger partial charge in [0, 0.05) is 0 Å². The summed E-state index contributed by atoms with van der Waals surface area (Å²) < 4.78 is 76.2. The summed E-state index contributed by atoms with van der Waals surface area (Å²) in [6, 6.07) is 0. The minimum atomic E-state index is -6.29. The van der Waals surface area contributed by atoms with Gasteiger partial charge in [0.15, 0.2) is 0 Å². The Kier molecular flexibility index (Phi) is 5.22. The number of aliphatic carboxylic acids is 2. The Labute approximate surface area is 108 Å².